The second kappa shape index (κ2) is 4.83. The molecule has 2 unspecified atom stereocenters. The summed E-state index contributed by atoms with van der Waals surface area (Å²) < 4.78 is 0. The lowest BCUT2D eigenvalue weighted by Crippen LogP contribution is -2.41. The predicted molar refractivity (Wildman–Crippen MR) is 53.1 cm³/mol. The van der Waals surface area contributed by atoms with Crippen molar-refractivity contribution in [1.82, 2.24) is 4.90 Å². The zero-order valence-electron chi connectivity index (χ0n) is 8.42. The average molecular weight is 170 g/mol. The molecule has 0 spiro atoms. The summed E-state index contributed by atoms with van der Waals surface area (Å²) in [5.41, 5.74) is 5.76. The minimum atomic E-state index is 0.753. The van der Waals surface area contributed by atoms with E-state index in [0.717, 1.165) is 18.4 Å². The Morgan fingerprint density at radius 3 is 2.75 bits per heavy atom. The van der Waals surface area contributed by atoms with Crippen LogP contribution in [0.1, 0.15) is 26.2 Å². The van der Waals surface area contributed by atoms with Crippen LogP contribution < -0.4 is 5.73 Å². The summed E-state index contributed by atoms with van der Waals surface area (Å²) >= 11 is 0. The van der Waals surface area contributed by atoms with Gasteiger partial charge in [0.15, 0.2) is 0 Å². The topological polar surface area (TPSA) is 29.3 Å². The maximum absolute atomic E-state index is 5.76. The molecule has 1 aliphatic heterocycles. The molecule has 1 fully saturated rings. The molecule has 12 heavy (non-hydrogen) atoms. The van der Waals surface area contributed by atoms with Gasteiger partial charge in [-0.1, -0.05) is 19.8 Å². The molecule has 1 saturated heterocycles. The van der Waals surface area contributed by atoms with Gasteiger partial charge >= 0.3 is 0 Å². The van der Waals surface area contributed by atoms with E-state index in [1.54, 1.807) is 0 Å². The van der Waals surface area contributed by atoms with Crippen molar-refractivity contribution in [2.75, 3.05) is 26.7 Å². The van der Waals surface area contributed by atoms with E-state index >= 15 is 0 Å². The van der Waals surface area contributed by atoms with Crippen LogP contribution in [-0.4, -0.2) is 31.6 Å². The third-order valence-corrected chi connectivity index (χ3v) is 3.06. The molecule has 2 heteroatoms. The molecule has 1 aliphatic rings. The quantitative estimate of drug-likeness (QED) is 0.692. The van der Waals surface area contributed by atoms with E-state index in [-0.39, 0.29) is 0 Å². The fourth-order valence-electron chi connectivity index (χ4n) is 2.28. The lowest BCUT2D eigenvalue weighted by molar-refractivity contribution is 0.140. The normalized spacial score (nSPS) is 32.2. The molecule has 1 rings (SSSR count). The van der Waals surface area contributed by atoms with Crippen LogP contribution >= 0.6 is 0 Å². The Kier molecular flexibility index (Phi) is 4.02. The molecule has 1 heterocycles. The highest BCUT2D eigenvalue weighted by Gasteiger charge is 2.25. The van der Waals surface area contributed by atoms with E-state index in [1.807, 2.05) is 0 Å². The molecule has 0 aromatic carbocycles. The van der Waals surface area contributed by atoms with Crippen LogP contribution in [0.4, 0.5) is 0 Å². The van der Waals surface area contributed by atoms with Gasteiger partial charge in [0, 0.05) is 6.54 Å². The second-order valence-electron chi connectivity index (χ2n) is 4.10. The van der Waals surface area contributed by atoms with Gasteiger partial charge in [0.1, 0.15) is 0 Å². The largest absolute Gasteiger partial charge is 0.330 e. The lowest BCUT2D eigenvalue weighted by atomic mass is 9.83. The Morgan fingerprint density at radius 1 is 1.42 bits per heavy atom. The van der Waals surface area contributed by atoms with Crippen molar-refractivity contribution in [2.45, 2.75) is 26.2 Å². The van der Waals surface area contributed by atoms with Crippen molar-refractivity contribution >= 4 is 0 Å². The summed E-state index contributed by atoms with van der Waals surface area (Å²) in [5, 5.41) is 0. The van der Waals surface area contributed by atoms with Crippen molar-refractivity contribution in [1.29, 1.82) is 0 Å². The Hall–Kier alpha value is -0.0800. The van der Waals surface area contributed by atoms with Crippen LogP contribution in [0.3, 0.4) is 0 Å². The van der Waals surface area contributed by atoms with Gasteiger partial charge in [-0.25, -0.2) is 0 Å². The number of hydrogen-bond acceptors (Lipinski definition) is 2. The molecule has 2 atom stereocenters. The monoisotopic (exact) mass is 170 g/mol. The third kappa shape index (κ3) is 2.46. The maximum Gasteiger partial charge on any atom is 0.00213 e. The minimum absolute atomic E-state index is 0.753. The van der Waals surface area contributed by atoms with Crippen molar-refractivity contribution in [3.63, 3.8) is 0 Å². The van der Waals surface area contributed by atoms with Crippen LogP contribution in [0, 0.1) is 11.8 Å². The number of likely N-dealkylation sites (tertiary alicyclic amines) is 1. The third-order valence-electron chi connectivity index (χ3n) is 3.06. The predicted octanol–water partition coefficient (Wildman–Crippen LogP) is 1.31. The molecule has 0 radical (unpaired) electrons. The fourth-order valence-corrected chi connectivity index (χ4v) is 2.28. The van der Waals surface area contributed by atoms with Crippen LogP contribution in [0.25, 0.3) is 0 Å². The van der Waals surface area contributed by atoms with Gasteiger partial charge in [0.2, 0.25) is 0 Å². The number of piperidine rings is 1. The Bertz CT molecular complexity index is 125. The zero-order chi connectivity index (χ0) is 8.97. The number of rotatable bonds is 3. The highest BCUT2D eigenvalue weighted by Crippen LogP contribution is 2.25. The van der Waals surface area contributed by atoms with Gasteiger partial charge in [-0.05, 0) is 38.4 Å². The molecule has 0 aromatic rings. The van der Waals surface area contributed by atoms with E-state index in [2.05, 4.69) is 18.9 Å². The van der Waals surface area contributed by atoms with Crippen molar-refractivity contribution in [3.8, 4) is 0 Å². The van der Waals surface area contributed by atoms with Crippen molar-refractivity contribution in [2.24, 2.45) is 17.6 Å². The van der Waals surface area contributed by atoms with E-state index in [9.17, 15) is 0 Å². The molecule has 2 nitrogen and oxygen atoms in total. The number of nitrogens with two attached hydrogens (primary N) is 1. The first-order valence-electron chi connectivity index (χ1n) is 5.16. The zero-order valence-corrected chi connectivity index (χ0v) is 8.42. The molecule has 0 aromatic heterocycles. The van der Waals surface area contributed by atoms with Gasteiger partial charge < -0.3 is 10.6 Å². The molecule has 0 aliphatic carbocycles. The van der Waals surface area contributed by atoms with Gasteiger partial charge in [-0.2, -0.15) is 0 Å². The lowest BCUT2D eigenvalue weighted by Gasteiger charge is -2.36. The van der Waals surface area contributed by atoms with Crippen molar-refractivity contribution in [3.05, 3.63) is 0 Å². The highest BCUT2D eigenvalue weighted by atomic mass is 15.1. The summed E-state index contributed by atoms with van der Waals surface area (Å²) in [6, 6.07) is 0. The second-order valence-corrected chi connectivity index (χ2v) is 4.10. The van der Waals surface area contributed by atoms with Gasteiger partial charge in [-0.3, -0.25) is 0 Å². The van der Waals surface area contributed by atoms with Gasteiger partial charge in [0.05, 0.1) is 0 Å². The number of hydrogen-bond donors (Lipinski definition) is 1. The van der Waals surface area contributed by atoms with E-state index in [1.165, 1.54) is 32.4 Å². The summed E-state index contributed by atoms with van der Waals surface area (Å²) in [5.74, 6) is 1.65. The maximum atomic E-state index is 5.76. The van der Waals surface area contributed by atoms with Crippen LogP contribution in [-0.2, 0) is 0 Å². The molecular weight excluding hydrogens is 148 g/mol. The highest BCUT2D eigenvalue weighted by molar-refractivity contribution is 4.79. The summed E-state index contributed by atoms with van der Waals surface area (Å²) in [6.45, 7) is 5.61. The first-order chi connectivity index (χ1) is 5.77. The SMILES string of the molecule is CCCC1CCN(C)CC1CN. The molecule has 72 valence electrons. The Morgan fingerprint density at radius 2 is 2.17 bits per heavy atom. The Labute approximate surface area is 76.1 Å². The summed E-state index contributed by atoms with van der Waals surface area (Å²) in [6.07, 6.45) is 4.03. The molecule has 0 bridgehead atoms. The fraction of sp³-hybridized carbons (Fsp3) is 1.00. The molecule has 0 saturated carbocycles. The van der Waals surface area contributed by atoms with Crippen LogP contribution in [0.15, 0.2) is 0 Å². The standard InChI is InChI=1S/C10H22N2/c1-3-4-9-5-6-12(2)8-10(9)7-11/h9-10H,3-8,11H2,1-2H3. The first-order valence-corrected chi connectivity index (χ1v) is 5.16. The summed E-state index contributed by atoms with van der Waals surface area (Å²) in [4.78, 5) is 2.41. The van der Waals surface area contributed by atoms with E-state index in [0.29, 0.717) is 0 Å². The minimum Gasteiger partial charge on any atom is -0.330 e. The average Bonchev–Trinajstić information content (AvgIpc) is 2.08. The first kappa shape index (κ1) is 10.0. The summed E-state index contributed by atoms with van der Waals surface area (Å²) in [7, 11) is 2.20. The molecular formula is C10H22N2. The van der Waals surface area contributed by atoms with E-state index < -0.39 is 0 Å². The molecule has 2 N–H and O–H groups in total. The number of nitrogens with zero attached hydrogens (tertiary/aromatic N) is 1. The smallest absolute Gasteiger partial charge is 0.00213 e. The molecule has 0 amide bonds. The van der Waals surface area contributed by atoms with E-state index in [4.69, 9.17) is 5.73 Å². The van der Waals surface area contributed by atoms with Gasteiger partial charge in [0.25, 0.3) is 0 Å². The Balaban J connectivity index is 2.39. The van der Waals surface area contributed by atoms with Gasteiger partial charge in [-0.15, -0.1) is 0 Å². The van der Waals surface area contributed by atoms with Crippen LogP contribution in [0.2, 0.25) is 0 Å². The van der Waals surface area contributed by atoms with Crippen molar-refractivity contribution < 1.29 is 0 Å². The van der Waals surface area contributed by atoms with Crippen LogP contribution in [0.5, 0.6) is 0 Å².